The van der Waals surface area contributed by atoms with E-state index in [1.165, 1.54) is 0 Å². The second-order valence-corrected chi connectivity index (χ2v) is 2.72. The lowest BCUT2D eigenvalue weighted by Crippen LogP contribution is -2.12. The van der Waals surface area contributed by atoms with Gasteiger partial charge in [-0.25, -0.2) is 8.78 Å². The van der Waals surface area contributed by atoms with Crippen molar-refractivity contribution in [3.8, 4) is 0 Å². The number of hydrogen-bond donors (Lipinski definition) is 2. The molecule has 0 atom stereocenters. The number of rotatable bonds is 2. The first kappa shape index (κ1) is 10.1. The maximum atomic E-state index is 12.1. The number of aromatic amines is 1. The second kappa shape index (κ2) is 3.85. The lowest BCUT2D eigenvalue weighted by molar-refractivity contribution is 0.146. The van der Waals surface area contributed by atoms with Crippen molar-refractivity contribution in [3.05, 3.63) is 32.7 Å². The van der Waals surface area contributed by atoms with Crippen LogP contribution < -0.4 is 5.43 Å². The fourth-order valence-corrected chi connectivity index (χ4v) is 1.10. The van der Waals surface area contributed by atoms with Crippen LogP contribution in [0, 0.1) is 0 Å². The van der Waals surface area contributed by atoms with Gasteiger partial charge in [0.2, 0.25) is 0 Å². The minimum Gasteiger partial charge on any atom is -0.391 e. The third kappa shape index (κ3) is 2.05. The third-order valence-corrected chi connectivity index (χ3v) is 1.82. The minimum absolute atomic E-state index is 0.105. The highest BCUT2D eigenvalue weighted by molar-refractivity contribution is 6.30. The molecule has 1 rings (SSSR count). The van der Waals surface area contributed by atoms with Gasteiger partial charge in [-0.2, -0.15) is 0 Å². The van der Waals surface area contributed by atoms with Gasteiger partial charge in [-0.05, 0) is 0 Å². The van der Waals surface area contributed by atoms with Gasteiger partial charge in [-0.1, -0.05) is 11.6 Å². The Morgan fingerprint density at radius 1 is 1.62 bits per heavy atom. The van der Waals surface area contributed by atoms with E-state index in [0.29, 0.717) is 0 Å². The van der Waals surface area contributed by atoms with Gasteiger partial charge < -0.3 is 10.1 Å². The summed E-state index contributed by atoms with van der Waals surface area (Å²) in [5.41, 5.74) is -1.35. The Morgan fingerprint density at radius 2 is 2.23 bits per heavy atom. The highest BCUT2D eigenvalue weighted by atomic mass is 35.5. The van der Waals surface area contributed by atoms with E-state index in [-0.39, 0.29) is 10.7 Å². The Balaban J connectivity index is 3.29. The molecule has 1 aromatic heterocycles. The van der Waals surface area contributed by atoms with Crippen LogP contribution in [-0.4, -0.2) is 10.1 Å². The van der Waals surface area contributed by atoms with E-state index in [1.807, 2.05) is 0 Å². The Kier molecular flexibility index (Phi) is 3.00. The number of H-pyrrole nitrogens is 1. The topological polar surface area (TPSA) is 53.1 Å². The highest BCUT2D eigenvalue weighted by Gasteiger charge is 2.12. The zero-order chi connectivity index (χ0) is 10.0. The standard InChI is InChI=1S/C7H6ClF2NO2/c8-6-3(2-12)5(13)1-4(11-6)7(9)10/h1,7,12H,2H2,(H,11,13). The number of aliphatic hydroxyl groups excluding tert-OH is 1. The molecule has 0 aromatic carbocycles. The average molecular weight is 210 g/mol. The van der Waals surface area contributed by atoms with E-state index in [0.717, 1.165) is 6.07 Å². The molecule has 0 amide bonds. The van der Waals surface area contributed by atoms with Crippen molar-refractivity contribution in [1.82, 2.24) is 4.98 Å². The van der Waals surface area contributed by atoms with Gasteiger partial charge in [0.15, 0.2) is 5.43 Å². The third-order valence-electron chi connectivity index (χ3n) is 1.50. The molecule has 0 fully saturated rings. The van der Waals surface area contributed by atoms with Crippen molar-refractivity contribution in [3.63, 3.8) is 0 Å². The van der Waals surface area contributed by atoms with E-state index in [2.05, 4.69) is 4.98 Å². The van der Waals surface area contributed by atoms with Gasteiger partial charge in [0.1, 0.15) is 5.15 Å². The quantitative estimate of drug-likeness (QED) is 0.725. The monoisotopic (exact) mass is 209 g/mol. The molecule has 72 valence electrons. The Bertz CT molecular complexity index is 364. The average Bonchev–Trinajstić information content (AvgIpc) is 2.03. The first-order valence-corrected chi connectivity index (χ1v) is 3.74. The van der Waals surface area contributed by atoms with Gasteiger partial charge in [0.25, 0.3) is 6.43 Å². The molecule has 0 radical (unpaired) electrons. The van der Waals surface area contributed by atoms with Gasteiger partial charge >= 0.3 is 0 Å². The maximum Gasteiger partial charge on any atom is 0.278 e. The van der Waals surface area contributed by atoms with E-state index >= 15 is 0 Å². The molecule has 0 saturated carbocycles. The smallest absolute Gasteiger partial charge is 0.278 e. The van der Waals surface area contributed by atoms with Crippen LogP contribution in [0.1, 0.15) is 17.7 Å². The SMILES string of the molecule is O=c1cc(C(F)F)[nH]c(Cl)c1CO. The summed E-state index contributed by atoms with van der Waals surface area (Å²) in [6.07, 6.45) is -2.78. The number of aromatic nitrogens is 1. The second-order valence-electron chi connectivity index (χ2n) is 2.34. The summed E-state index contributed by atoms with van der Waals surface area (Å²) < 4.78 is 24.1. The summed E-state index contributed by atoms with van der Waals surface area (Å²) in [4.78, 5) is 13.1. The number of aliphatic hydroxyl groups is 1. The first-order valence-electron chi connectivity index (χ1n) is 3.37. The number of nitrogens with one attached hydrogen (secondary N) is 1. The normalized spacial score (nSPS) is 10.8. The molecule has 0 aliphatic rings. The van der Waals surface area contributed by atoms with Crippen LogP contribution in [0.4, 0.5) is 8.78 Å². The van der Waals surface area contributed by atoms with E-state index in [1.54, 1.807) is 0 Å². The van der Waals surface area contributed by atoms with Crippen molar-refractivity contribution < 1.29 is 13.9 Å². The van der Waals surface area contributed by atoms with Crippen molar-refractivity contribution >= 4 is 11.6 Å². The number of halogens is 3. The zero-order valence-corrected chi connectivity index (χ0v) is 7.11. The van der Waals surface area contributed by atoms with Crippen LogP contribution in [0.25, 0.3) is 0 Å². The van der Waals surface area contributed by atoms with Crippen molar-refractivity contribution in [2.75, 3.05) is 0 Å². The maximum absolute atomic E-state index is 12.1. The summed E-state index contributed by atoms with van der Waals surface area (Å²) >= 11 is 5.43. The van der Waals surface area contributed by atoms with Gasteiger partial charge in [0, 0.05) is 6.07 Å². The minimum atomic E-state index is -2.78. The molecule has 0 unspecified atom stereocenters. The molecule has 0 aliphatic carbocycles. The summed E-state index contributed by atoms with van der Waals surface area (Å²) in [7, 11) is 0. The lowest BCUT2D eigenvalue weighted by Gasteiger charge is -2.03. The predicted molar refractivity (Wildman–Crippen MR) is 43.0 cm³/mol. The summed E-state index contributed by atoms with van der Waals surface area (Å²) in [6, 6.07) is 0.724. The van der Waals surface area contributed by atoms with Crippen molar-refractivity contribution in [2.24, 2.45) is 0 Å². The predicted octanol–water partition coefficient (Wildman–Crippen LogP) is 1.46. The summed E-state index contributed by atoms with van der Waals surface area (Å²) in [5, 5.41) is 8.39. The van der Waals surface area contributed by atoms with E-state index < -0.39 is 24.2 Å². The van der Waals surface area contributed by atoms with Crippen LogP contribution in [0.3, 0.4) is 0 Å². The largest absolute Gasteiger partial charge is 0.391 e. The fourth-order valence-electron chi connectivity index (χ4n) is 0.840. The van der Waals surface area contributed by atoms with E-state index in [9.17, 15) is 13.6 Å². The van der Waals surface area contributed by atoms with Crippen LogP contribution in [0.5, 0.6) is 0 Å². The molecule has 2 N–H and O–H groups in total. The van der Waals surface area contributed by atoms with Crippen LogP contribution in [-0.2, 0) is 6.61 Å². The summed E-state index contributed by atoms with van der Waals surface area (Å²) in [5.74, 6) is 0. The van der Waals surface area contributed by atoms with Crippen LogP contribution >= 0.6 is 11.6 Å². The fraction of sp³-hybridized carbons (Fsp3) is 0.286. The van der Waals surface area contributed by atoms with Gasteiger partial charge in [-0.3, -0.25) is 4.79 Å². The number of alkyl halides is 2. The Morgan fingerprint density at radius 3 is 2.62 bits per heavy atom. The molecule has 0 aliphatic heterocycles. The van der Waals surface area contributed by atoms with Crippen molar-refractivity contribution in [1.29, 1.82) is 0 Å². The Hall–Kier alpha value is -0.940. The zero-order valence-electron chi connectivity index (χ0n) is 6.35. The molecule has 13 heavy (non-hydrogen) atoms. The first-order chi connectivity index (χ1) is 6.06. The molecule has 6 heteroatoms. The lowest BCUT2D eigenvalue weighted by atomic mass is 10.2. The molecular weight excluding hydrogens is 204 g/mol. The number of hydrogen-bond acceptors (Lipinski definition) is 2. The molecule has 3 nitrogen and oxygen atoms in total. The van der Waals surface area contributed by atoms with Gasteiger partial charge in [0.05, 0.1) is 17.9 Å². The molecular formula is C7H6ClF2NO2. The summed E-state index contributed by atoms with van der Waals surface area (Å²) in [6.45, 7) is -0.572. The molecule has 1 heterocycles. The van der Waals surface area contributed by atoms with Gasteiger partial charge in [-0.15, -0.1) is 0 Å². The molecule has 0 bridgehead atoms. The molecule has 0 spiro atoms. The van der Waals surface area contributed by atoms with Crippen molar-refractivity contribution in [2.45, 2.75) is 13.0 Å². The molecule has 0 saturated heterocycles. The Labute approximate surface area is 77.0 Å². The molecule has 1 aromatic rings. The van der Waals surface area contributed by atoms with Crippen LogP contribution in [0.15, 0.2) is 10.9 Å². The number of pyridine rings is 1. The van der Waals surface area contributed by atoms with Crippen LogP contribution in [0.2, 0.25) is 5.15 Å². The highest BCUT2D eigenvalue weighted by Crippen LogP contribution is 2.18. The van der Waals surface area contributed by atoms with E-state index in [4.69, 9.17) is 16.7 Å².